The van der Waals surface area contributed by atoms with Crippen LogP contribution in [0.1, 0.15) is 82.6 Å². The summed E-state index contributed by atoms with van der Waals surface area (Å²) in [5, 5.41) is 0. The van der Waals surface area contributed by atoms with Crippen molar-refractivity contribution in [3.8, 4) is 0 Å². The maximum Gasteiger partial charge on any atom is -0.0445 e. The standard InChI is InChI=1S/C4H10.2C4H8.C3H8.2C3H6/c3*1-4(2)3;3*1-3-2/h4H,1-3H3;2*1H2,2-3H3;3H2,1-2H3;2*3H,1H2,2H3. The normalized spacial score (nSPS) is 6.29. The Labute approximate surface area is 138 Å². The molecule has 0 aliphatic carbocycles. The van der Waals surface area contributed by atoms with Gasteiger partial charge in [-0.2, -0.15) is 0 Å². The summed E-state index contributed by atoms with van der Waals surface area (Å²) >= 11 is 0. The molecule has 0 nitrogen and oxygen atoms in total. The quantitative estimate of drug-likeness (QED) is 0.392. The fraction of sp³-hybridized carbons (Fsp3) is 0.619. The van der Waals surface area contributed by atoms with Crippen molar-refractivity contribution in [2.24, 2.45) is 5.92 Å². The van der Waals surface area contributed by atoms with E-state index in [4.69, 9.17) is 0 Å². The second kappa shape index (κ2) is 50.9. The second-order valence-electron chi connectivity index (χ2n) is 5.67. The first-order valence-electron chi connectivity index (χ1n) is 7.82. The fourth-order valence-electron chi connectivity index (χ4n) is 0. The van der Waals surface area contributed by atoms with Crippen molar-refractivity contribution in [2.45, 2.75) is 82.6 Å². The van der Waals surface area contributed by atoms with Gasteiger partial charge in [-0.3, -0.25) is 0 Å². The minimum atomic E-state index is 0.833. The first kappa shape index (κ1) is 36.8. The Bertz CT molecular complexity index is 153. The van der Waals surface area contributed by atoms with E-state index >= 15 is 0 Å². The van der Waals surface area contributed by atoms with Crippen molar-refractivity contribution in [3.63, 3.8) is 0 Å². The summed E-state index contributed by atoms with van der Waals surface area (Å²) in [4.78, 5) is 0. The van der Waals surface area contributed by atoms with Crippen LogP contribution in [0.3, 0.4) is 0 Å². The van der Waals surface area contributed by atoms with Crippen LogP contribution in [0.4, 0.5) is 0 Å². The zero-order chi connectivity index (χ0) is 18.9. The highest BCUT2D eigenvalue weighted by molar-refractivity contribution is 4.79. The molecule has 0 saturated carbocycles. The Balaban J connectivity index is -0.0000000324. The maximum atomic E-state index is 3.56. The smallest absolute Gasteiger partial charge is 0.0445 e. The molecule has 0 bridgehead atoms. The fourth-order valence-corrected chi connectivity index (χ4v) is 0. The SMILES string of the molecule is C=C(C)C.C=C(C)C.C=CC.C=CC.CC(C)C.CCC. The number of allylic oxidation sites excluding steroid dienone is 4. The van der Waals surface area contributed by atoms with Crippen LogP contribution < -0.4 is 0 Å². The molecule has 0 saturated heterocycles. The third-order valence-corrected chi connectivity index (χ3v) is 0. The monoisotopic (exact) mass is 298 g/mol. The molecule has 0 heteroatoms. The van der Waals surface area contributed by atoms with Crippen molar-refractivity contribution in [1.82, 2.24) is 0 Å². The molecule has 0 aromatic heterocycles. The average molecular weight is 299 g/mol. The van der Waals surface area contributed by atoms with Crippen LogP contribution in [0.2, 0.25) is 0 Å². The minimum Gasteiger partial charge on any atom is -0.103 e. The highest BCUT2D eigenvalue weighted by atomic mass is 13.7. The Morgan fingerprint density at radius 1 is 0.762 bits per heavy atom. The summed E-state index contributed by atoms with van der Waals surface area (Å²) in [6.45, 7) is 36.2. The van der Waals surface area contributed by atoms with Crippen LogP contribution in [-0.4, -0.2) is 0 Å². The zero-order valence-electron chi connectivity index (χ0n) is 17.3. The lowest BCUT2D eigenvalue weighted by Crippen LogP contribution is -1.66. The molecule has 0 spiro atoms. The lowest BCUT2D eigenvalue weighted by molar-refractivity contribution is 0.737. The van der Waals surface area contributed by atoms with Gasteiger partial charge in [0.15, 0.2) is 0 Å². The van der Waals surface area contributed by atoms with Crippen molar-refractivity contribution >= 4 is 0 Å². The highest BCUT2D eigenvalue weighted by Gasteiger charge is 1.68. The molecular formula is C21H46. The maximum absolute atomic E-state index is 3.56. The predicted molar refractivity (Wildman–Crippen MR) is 109 cm³/mol. The summed E-state index contributed by atoms with van der Waals surface area (Å²) < 4.78 is 0. The Kier molecular flexibility index (Phi) is 89.3. The molecule has 0 aromatic carbocycles. The van der Waals surface area contributed by atoms with E-state index in [1.165, 1.54) is 17.6 Å². The molecule has 0 rings (SSSR count). The molecule has 0 aliphatic rings. The van der Waals surface area contributed by atoms with Gasteiger partial charge in [0.25, 0.3) is 0 Å². The molecule has 0 atom stereocenters. The summed E-state index contributed by atoms with van der Waals surface area (Å²) in [6.07, 6.45) is 4.75. The zero-order valence-corrected chi connectivity index (χ0v) is 17.3. The molecule has 0 aliphatic heterocycles. The van der Waals surface area contributed by atoms with Gasteiger partial charge in [0.1, 0.15) is 0 Å². The van der Waals surface area contributed by atoms with Gasteiger partial charge in [-0.05, 0) is 47.5 Å². The van der Waals surface area contributed by atoms with Gasteiger partial charge in [0.2, 0.25) is 0 Å². The van der Waals surface area contributed by atoms with Gasteiger partial charge >= 0.3 is 0 Å². The van der Waals surface area contributed by atoms with E-state index in [1.54, 1.807) is 12.2 Å². The van der Waals surface area contributed by atoms with E-state index in [-0.39, 0.29) is 0 Å². The average Bonchev–Trinajstić information content (AvgIpc) is 2.16. The van der Waals surface area contributed by atoms with E-state index in [9.17, 15) is 0 Å². The van der Waals surface area contributed by atoms with Crippen molar-refractivity contribution < 1.29 is 0 Å². The van der Waals surface area contributed by atoms with E-state index in [0.717, 1.165) is 5.92 Å². The molecule has 0 amide bonds. The highest BCUT2D eigenvalue weighted by Crippen LogP contribution is 1.81. The van der Waals surface area contributed by atoms with Crippen LogP contribution in [0, 0.1) is 5.92 Å². The van der Waals surface area contributed by atoms with Crippen LogP contribution in [0.15, 0.2) is 49.6 Å². The summed E-state index contributed by atoms with van der Waals surface area (Å²) in [5.74, 6) is 0.833. The number of hydrogen-bond donors (Lipinski definition) is 0. The largest absolute Gasteiger partial charge is 0.103 e. The van der Waals surface area contributed by atoms with Crippen molar-refractivity contribution in [3.05, 3.63) is 49.6 Å². The van der Waals surface area contributed by atoms with Gasteiger partial charge in [-0.15, -0.1) is 26.3 Å². The lowest BCUT2D eigenvalue weighted by Gasteiger charge is -1.79. The van der Waals surface area contributed by atoms with E-state index < -0.39 is 0 Å². The third kappa shape index (κ3) is 5040. The van der Waals surface area contributed by atoms with E-state index in [0.29, 0.717) is 0 Å². The molecule has 0 heterocycles. The molecule has 0 fully saturated rings. The van der Waals surface area contributed by atoms with Gasteiger partial charge in [0.05, 0.1) is 0 Å². The van der Waals surface area contributed by atoms with E-state index in [1.807, 2.05) is 41.5 Å². The molecule has 130 valence electrons. The van der Waals surface area contributed by atoms with Crippen LogP contribution in [0.25, 0.3) is 0 Å². The molecule has 21 heavy (non-hydrogen) atoms. The molecule has 0 unspecified atom stereocenters. The molecule has 0 N–H and O–H groups in total. The van der Waals surface area contributed by atoms with Gasteiger partial charge < -0.3 is 0 Å². The van der Waals surface area contributed by atoms with Crippen LogP contribution >= 0.6 is 0 Å². The lowest BCUT2D eigenvalue weighted by atomic mass is 10.3. The summed E-state index contributed by atoms with van der Waals surface area (Å²) in [6, 6.07) is 0. The van der Waals surface area contributed by atoms with Gasteiger partial charge in [-0.25, -0.2) is 0 Å². The molecule has 0 aromatic rings. The van der Waals surface area contributed by atoms with Gasteiger partial charge in [0, 0.05) is 0 Å². The molecular weight excluding hydrogens is 252 g/mol. The second-order valence-corrected chi connectivity index (χ2v) is 5.67. The van der Waals surface area contributed by atoms with Crippen molar-refractivity contribution in [2.75, 3.05) is 0 Å². The van der Waals surface area contributed by atoms with Crippen LogP contribution in [-0.2, 0) is 0 Å². The number of hydrogen-bond acceptors (Lipinski definition) is 0. The predicted octanol–water partition coefficient (Wildman–Crippen LogP) is 8.63. The number of rotatable bonds is 0. The first-order valence-corrected chi connectivity index (χ1v) is 7.82. The summed E-state index contributed by atoms with van der Waals surface area (Å²) in [7, 11) is 0. The van der Waals surface area contributed by atoms with Crippen molar-refractivity contribution in [1.29, 1.82) is 0 Å². The minimum absolute atomic E-state index is 0.833. The first-order chi connectivity index (χ1) is 9.44. The third-order valence-electron chi connectivity index (χ3n) is 0. The van der Waals surface area contributed by atoms with Crippen LogP contribution in [0.5, 0.6) is 0 Å². The Hall–Kier alpha value is -1.04. The topological polar surface area (TPSA) is 0 Å². The van der Waals surface area contributed by atoms with Gasteiger partial charge in [-0.1, -0.05) is 64.3 Å². The summed E-state index contributed by atoms with van der Waals surface area (Å²) in [5.41, 5.74) is 2.33. The molecule has 0 radical (unpaired) electrons. The Morgan fingerprint density at radius 3 is 0.762 bits per heavy atom. The Morgan fingerprint density at radius 2 is 0.762 bits per heavy atom. The van der Waals surface area contributed by atoms with E-state index in [2.05, 4.69) is 60.9 Å².